The third-order valence-corrected chi connectivity index (χ3v) is 5.16. The van der Waals surface area contributed by atoms with Crippen molar-refractivity contribution < 1.29 is 9.53 Å². The fourth-order valence-electron chi connectivity index (χ4n) is 3.02. The van der Waals surface area contributed by atoms with Crippen molar-refractivity contribution in [1.29, 1.82) is 0 Å². The van der Waals surface area contributed by atoms with Gasteiger partial charge in [0.1, 0.15) is 4.87 Å². The Morgan fingerprint density at radius 1 is 1.38 bits per heavy atom. The summed E-state index contributed by atoms with van der Waals surface area (Å²) < 4.78 is 9.36. The lowest BCUT2D eigenvalue weighted by Gasteiger charge is -2.38. The van der Waals surface area contributed by atoms with E-state index in [2.05, 4.69) is 35.8 Å². The average Bonchev–Trinajstić information content (AvgIpc) is 2.83. The Morgan fingerprint density at radius 2 is 2.10 bits per heavy atom. The predicted molar refractivity (Wildman–Crippen MR) is 88.0 cm³/mol. The third kappa shape index (κ3) is 2.02. The van der Waals surface area contributed by atoms with E-state index in [4.69, 9.17) is 4.74 Å². The Bertz CT molecular complexity index is 733. The van der Waals surface area contributed by atoms with Crippen LogP contribution in [-0.4, -0.2) is 24.7 Å². The molecule has 2 heterocycles. The number of carbonyl (C=O) groups excluding carboxylic acids is 1. The molecule has 1 aromatic carbocycles. The summed E-state index contributed by atoms with van der Waals surface area (Å²) in [6.45, 7) is 6.57. The summed E-state index contributed by atoms with van der Waals surface area (Å²) in [7, 11) is 3.47. The zero-order chi connectivity index (χ0) is 15.4. The number of aryl methyl sites for hydroxylation is 1. The van der Waals surface area contributed by atoms with Gasteiger partial charge in [-0.2, -0.15) is 0 Å². The predicted octanol–water partition coefficient (Wildman–Crippen LogP) is 3.78. The topological polar surface area (TPSA) is 34.5 Å². The highest BCUT2D eigenvalue weighted by Crippen LogP contribution is 2.47. The molecule has 1 aromatic heterocycles. The van der Waals surface area contributed by atoms with Crippen LogP contribution in [0.2, 0.25) is 0 Å². The summed E-state index contributed by atoms with van der Waals surface area (Å²) in [5.74, 6) is -0.286. The molecule has 0 fully saturated rings. The number of hydrogen-bond acceptors (Lipinski definition) is 4. The number of benzene rings is 1. The fraction of sp³-hybridized carbons (Fsp3) is 0.438. The van der Waals surface area contributed by atoms with Crippen LogP contribution >= 0.6 is 11.9 Å². The molecule has 0 amide bonds. The van der Waals surface area contributed by atoms with Crippen LogP contribution in [0.1, 0.15) is 36.7 Å². The fourth-order valence-corrected chi connectivity index (χ4v) is 4.16. The normalized spacial score (nSPS) is 16.3. The molecule has 112 valence electrons. The van der Waals surface area contributed by atoms with Crippen molar-refractivity contribution in [3.8, 4) is 0 Å². The second-order valence-corrected chi connectivity index (χ2v) is 7.53. The number of esters is 1. The lowest BCUT2D eigenvalue weighted by molar-refractivity contribution is 0.0601. The molecule has 1 aliphatic heterocycles. The first kappa shape index (κ1) is 14.3. The SMILES string of the molecule is CCc1cn2c3c(cc(C(=O)OC)cc13)N(C)SC2(C)C. The van der Waals surface area contributed by atoms with Crippen LogP contribution < -0.4 is 4.31 Å². The van der Waals surface area contributed by atoms with Gasteiger partial charge in [-0.05, 0) is 49.9 Å². The van der Waals surface area contributed by atoms with Crippen molar-refractivity contribution in [3.63, 3.8) is 0 Å². The highest BCUT2D eigenvalue weighted by atomic mass is 32.2. The van der Waals surface area contributed by atoms with E-state index in [1.807, 2.05) is 19.2 Å². The number of ether oxygens (including phenoxy) is 1. The zero-order valence-corrected chi connectivity index (χ0v) is 13.9. The van der Waals surface area contributed by atoms with Gasteiger partial charge in [-0.15, -0.1) is 0 Å². The molecule has 0 bridgehead atoms. The lowest BCUT2D eigenvalue weighted by Crippen LogP contribution is -2.31. The van der Waals surface area contributed by atoms with Crippen LogP contribution in [0.25, 0.3) is 10.9 Å². The maximum absolute atomic E-state index is 11.9. The molecule has 2 aromatic rings. The van der Waals surface area contributed by atoms with Gasteiger partial charge in [0.2, 0.25) is 0 Å². The monoisotopic (exact) mass is 304 g/mol. The van der Waals surface area contributed by atoms with Crippen LogP contribution in [0.5, 0.6) is 0 Å². The van der Waals surface area contributed by atoms with E-state index in [1.165, 1.54) is 18.2 Å². The second-order valence-electron chi connectivity index (χ2n) is 5.80. The number of aromatic nitrogens is 1. The van der Waals surface area contributed by atoms with Gasteiger partial charge in [0, 0.05) is 18.6 Å². The molecule has 4 nitrogen and oxygen atoms in total. The molecule has 0 radical (unpaired) electrons. The van der Waals surface area contributed by atoms with Crippen molar-refractivity contribution in [3.05, 3.63) is 29.5 Å². The highest BCUT2D eigenvalue weighted by molar-refractivity contribution is 8.01. The maximum atomic E-state index is 11.9. The van der Waals surface area contributed by atoms with Crippen LogP contribution in [0.4, 0.5) is 5.69 Å². The van der Waals surface area contributed by atoms with E-state index in [0.29, 0.717) is 5.56 Å². The summed E-state index contributed by atoms with van der Waals surface area (Å²) >= 11 is 1.76. The van der Waals surface area contributed by atoms with E-state index < -0.39 is 0 Å². The Labute approximate surface area is 129 Å². The van der Waals surface area contributed by atoms with Crippen LogP contribution in [-0.2, 0) is 16.0 Å². The van der Waals surface area contributed by atoms with Gasteiger partial charge in [-0.1, -0.05) is 6.92 Å². The first-order valence-electron chi connectivity index (χ1n) is 7.08. The van der Waals surface area contributed by atoms with Crippen molar-refractivity contribution in [2.75, 3.05) is 18.5 Å². The smallest absolute Gasteiger partial charge is 0.337 e. The van der Waals surface area contributed by atoms with E-state index in [9.17, 15) is 4.79 Å². The van der Waals surface area contributed by atoms with Gasteiger partial charge < -0.3 is 13.6 Å². The molecule has 0 saturated carbocycles. The molecule has 0 N–H and O–H groups in total. The second kappa shape index (κ2) is 4.70. The molecule has 3 rings (SSSR count). The zero-order valence-electron chi connectivity index (χ0n) is 13.1. The largest absolute Gasteiger partial charge is 0.465 e. The van der Waals surface area contributed by atoms with Gasteiger partial charge >= 0.3 is 5.97 Å². The molecule has 0 saturated heterocycles. The summed E-state index contributed by atoms with van der Waals surface area (Å²) in [5, 5.41) is 1.15. The summed E-state index contributed by atoms with van der Waals surface area (Å²) in [5.41, 5.74) is 4.14. The highest BCUT2D eigenvalue weighted by Gasteiger charge is 2.33. The molecular weight excluding hydrogens is 284 g/mol. The summed E-state index contributed by atoms with van der Waals surface area (Å²) in [6, 6.07) is 3.88. The maximum Gasteiger partial charge on any atom is 0.337 e. The Kier molecular flexibility index (Phi) is 3.20. The molecule has 0 aliphatic carbocycles. The summed E-state index contributed by atoms with van der Waals surface area (Å²) in [4.78, 5) is 11.9. The minimum absolute atomic E-state index is 0.0415. The van der Waals surface area contributed by atoms with E-state index in [-0.39, 0.29) is 10.8 Å². The first-order chi connectivity index (χ1) is 9.89. The van der Waals surface area contributed by atoms with Crippen molar-refractivity contribution >= 4 is 34.5 Å². The first-order valence-corrected chi connectivity index (χ1v) is 7.86. The number of rotatable bonds is 2. The molecule has 0 unspecified atom stereocenters. The lowest BCUT2D eigenvalue weighted by atomic mass is 10.1. The summed E-state index contributed by atoms with van der Waals surface area (Å²) in [6.07, 6.45) is 3.16. The Morgan fingerprint density at radius 3 is 2.71 bits per heavy atom. The molecular formula is C16H20N2O2S. The quantitative estimate of drug-likeness (QED) is 0.624. The Hall–Kier alpha value is -1.62. The van der Waals surface area contributed by atoms with Crippen molar-refractivity contribution in [2.24, 2.45) is 0 Å². The third-order valence-electron chi connectivity index (χ3n) is 4.04. The van der Waals surface area contributed by atoms with E-state index >= 15 is 0 Å². The standard InChI is InChI=1S/C16H20N2O2S/c1-6-10-9-18-14-12(10)7-11(15(19)20-5)8-13(14)17(4)21-16(18,2)3/h7-9H,6H2,1-5H3. The number of nitrogens with zero attached hydrogens (tertiary/aromatic N) is 2. The van der Waals surface area contributed by atoms with Gasteiger partial charge in [-0.25, -0.2) is 4.79 Å². The number of methoxy groups -OCH3 is 1. The molecule has 5 heteroatoms. The van der Waals surface area contributed by atoms with Crippen molar-refractivity contribution in [2.45, 2.75) is 32.1 Å². The van der Waals surface area contributed by atoms with Gasteiger partial charge in [0.25, 0.3) is 0 Å². The average molecular weight is 304 g/mol. The van der Waals surface area contributed by atoms with E-state index in [1.54, 1.807) is 11.9 Å². The number of hydrogen-bond donors (Lipinski definition) is 0. The van der Waals surface area contributed by atoms with Gasteiger partial charge in [-0.3, -0.25) is 0 Å². The number of anilines is 1. The molecule has 1 aliphatic rings. The van der Waals surface area contributed by atoms with Gasteiger partial charge in [0.15, 0.2) is 0 Å². The molecule has 0 atom stereocenters. The Balaban J connectivity index is 2.38. The van der Waals surface area contributed by atoms with E-state index in [0.717, 1.165) is 17.5 Å². The minimum atomic E-state index is -0.286. The van der Waals surface area contributed by atoms with Crippen LogP contribution in [0.3, 0.4) is 0 Å². The van der Waals surface area contributed by atoms with Crippen LogP contribution in [0.15, 0.2) is 18.3 Å². The van der Waals surface area contributed by atoms with Gasteiger partial charge in [0.05, 0.1) is 23.9 Å². The minimum Gasteiger partial charge on any atom is -0.465 e. The van der Waals surface area contributed by atoms with Crippen molar-refractivity contribution in [1.82, 2.24) is 4.57 Å². The molecule has 21 heavy (non-hydrogen) atoms. The van der Waals surface area contributed by atoms with Crippen LogP contribution in [0, 0.1) is 0 Å². The molecule has 0 spiro atoms. The number of carbonyl (C=O) groups is 1.